The first-order chi connectivity index (χ1) is 6.90. The quantitative estimate of drug-likeness (QED) is 0.772. The van der Waals surface area contributed by atoms with E-state index in [0.29, 0.717) is 5.56 Å². The molecule has 0 aliphatic rings. The largest absolute Gasteiger partial charge is 0.409 e. The number of pyridine rings is 1. The lowest BCUT2D eigenvalue weighted by atomic mass is 10.0. The first-order valence-electron chi connectivity index (χ1n) is 4.36. The fraction of sp³-hybridized carbons (Fsp3) is 0.300. The predicted octanol–water partition coefficient (Wildman–Crippen LogP) is 2.89. The van der Waals surface area contributed by atoms with Crippen LogP contribution in [0.3, 0.4) is 0 Å². The normalized spacial score (nSPS) is 14.4. The van der Waals surface area contributed by atoms with Gasteiger partial charge in [0.15, 0.2) is 0 Å². The standard InChI is InChI=1S/C10H11F3N2/c1-7(4-5-10(11,12)13)8-3-2-6-15-9(8)14/h2-7H,1H3,(H2,14,15)/b5-4+. The maximum atomic E-state index is 11.9. The van der Waals surface area contributed by atoms with Crippen molar-refractivity contribution in [3.63, 3.8) is 0 Å². The van der Waals surface area contributed by atoms with Gasteiger partial charge in [-0.3, -0.25) is 0 Å². The molecule has 0 aliphatic heterocycles. The highest BCUT2D eigenvalue weighted by molar-refractivity contribution is 5.42. The van der Waals surface area contributed by atoms with Crippen LogP contribution in [0.15, 0.2) is 30.5 Å². The number of alkyl halides is 3. The fourth-order valence-corrected chi connectivity index (χ4v) is 1.17. The molecule has 1 heterocycles. The monoisotopic (exact) mass is 216 g/mol. The molecule has 0 aromatic carbocycles. The molecule has 0 spiro atoms. The first kappa shape index (κ1) is 11.6. The van der Waals surface area contributed by atoms with E-state index in [9.17, 15) is 13.2 Å². The van der Waals surface area contributed by atoms with Crippen LogP contribution >= 0.6 is 0 Å². The highest BCUT2D eigenvalue weighted by Crippen LogP contribution is 2.24. The number of allylic oxidation sites excluding steroid dienone is 2. The molecule has 1 aromatic rings. The summed E-state index contributed by atoms with van der Waals surface area (Å²) in [5, 5.41) is 0. The van der Waals surface area contributed by atoms with Gasteiger partial charge in [-0.2, -0.15) is 13.2 Å². The van der Waals surface area contributed by atoms with Crippen LogP contribution in [0.1, 0.15) is 18.4 Å². The van der Waals surface area contributed by atoms with Crippen LogP contribution in [-0.2, 0) is 0 Å². The molecular formula is C10H11F3N2. The average Bonchev–Trinajstić information content (AvgIpc) is 2.14. The van der Waals surface area contributed by atoms with Crippen molar-refractivity contribution in [2.75, 3.05) is 5.73 Å². The summed E-state index contributed by atoms with van der Waals surface area (Å²) in [6.45, 7) is 1.63. The average molecular weight is 216 g/mol. The van der Waals surface area contributed by atoms with Gasteiger partial charge < -0.3 is 5.73 Å². The lowest BCUT2D eigenvalue weighted by Gasteiger charge is -2.09. The summed E-state index contributed by atoms with van der Waals surface area (Å²) in [6.07, 6.45) is -1.51. The second kappa shape index (κ2) is 4.33. The summed E-state index contributed by atoms with van der Waals surface area (Å²) in [6, 6.07) is 3.30. The van der Waals surface area contributed by atoms with Gasteiger partial charge in [0.2, 0.25) is 0 Å². The Bertz CT molecular complexity index is 358. The molecule has 1 unspecified atom stereocenters. The highest BCUT2D eigenvalue weighted by Gasteiger charge is 2.22. The van der Waals surface area contributed by atoms with Gasteiger partial charge in [-0.05, 0) is 6.07 Å². The predicted molar refractivity (Wildman–Crippen MR) is 52.3 cm³/mol. The van der Waals surface area contributed by atoms with Crippen molar-refractivity contribution in [1.29, 1.82) is 0 Å². The molecule has 1 rings (SSSR count). The molecule has 82 valence electrons. The van der Waals surface area contributed by atoms with Crippen LogP contribution in [0.4, 0.5) is 19.0 Å². The molecular weight excluding hydrogens is 205 g/mol. The van der Waals surface area contributed by atoms with Gasteiger partial charge in [0.05, 0.1) is 0 Å². The van der Waals surface area contributed by atoms with Crippen molar-refractivity contribution in [2.45, 2.75) is 19.0 Å². The molecule has 1 aromatic heterocycles. The van der Waals surface area contributed by atoms with Crippen LogP contribution in [0.2, 0.25) is 0 Å². The Morgan fingerprint density at radius 3 is 2.67 bits per heavy atom. The van der Waals surface area contributed by atoms with Gasteiger partial charge in [0.1, 0.15) is 5.82 Å². The van der Waals surface area contributed by atoms with Crippen LogP contribution in [0.25, 0.3) is 0 Å². The van der Waals surface area contributed by atoms with Gasteiger partial charge in [0, 0.05) is 23.8 Å². The van der Waals surface area contributed by atoms with Crippen LogP contribution in [0, 0.1) is 0 Å². The Hall–Kier alpha value is -1.52. The van der Waals surface area contributed by atoms with Crippen molar-refractivity contribution in [1.82, 2.24) is 4.98 Å². The Balaban J connectivity index is 2.82. The third kappa shape index (κ3) is 3.61. The lowest BCUT2D eigenvalue weighted by molar-refractivity contribution is -0.0801. The minimum absolute atomic E-state index is 0.212. The lowest BCUT2D eigenvalue weighted by Crippen LogP contribution is -2.03. The van der Waals surface area contributed by atoms with E-state index in [0.717, 1.165) is 6.08 Å². The zero-order chi connectivity index (χ0) is 11.5. The van der Waals surface area contributed by atoms with Gasteiger partial charge in [-0.1, -0.05) is 19.1 Å². The third-order valence-corrected chi connectivity index (χ3v) is 1.94. The fourth-order valence-electron chi connectivity index (χ4n) is 1.17. The van der Waals surface area contributed by atoms with E-state index in [1.807, 2.05) is 0 Å². The highest BCUT2D eigenvalue weighted by atomic mass is 19.4. The smallest absolute Gasteiger partial charge is 0.383 e. The van der Waals surface area contributed by atoms with Crippen molar-refractivity contribution in [3.8, 4) is 0 Å². The molecule has 0 saturated carbocycles. The van der Waals surface area contributed by atoms with Crippen LogP contribution in [0.5, 0.6) is 0 Å². The SMILES string of the molecule is CC(/C=C/C(F)(F)F)c1cccnc1N. The number of nitrogen functional groups attached to an aromatic ring is 1. The minimum Gasteiger partial charge on any atom is -0.383 e. The molecule has 0 fully saturated rings. The second-order valence-electron chi connectivity index (χ2n) is 3.17. The zero-order valence-electron chi connectivity index (χ0n) is 8.12. The topological polar surface area (TPSA) is 38.9 Å². The maximum Gasteiger partial charge on any atom is 0.409 e. The van der Waals surface area contributed by atoms with Crippen molar-refractivity contribution in [2.24, 2.45) is 0 Å². The number of hydrogen-bond donors (Lipinski definition) is 1. The van der Waals surface area contributed by atoms with E-state index >= 15 is 0 Å². The number of halogens is 3. The molecule has 1 atom stereocenters. The summed E-state index contributed by atoms with van der Waals surface area (Å²) in [7, 11) is 0. The first-order valence-corrected chi connectivity index (χ1v) is 4.36. The Morgan fingerprint density at radius 2 is 2.13 bits per heavy atom. The van der Waals surface area contributed by atoms with Gasteiger partial charge in [0.25, 0.3) is 0 Å². The third-order valence-electron chi connectivity index (χ3n) is 1.94. The summed E-state index contributed by atoms with van der Waals surface area (Å²) < 4.78 is 35.7. The molecule has 0 bridgehead atoms. The van der Waals surface area contributed by atoms with Crippen LogP contribution < -0.4 is 5.73 Å². The van der Waals surface area contributed by atoms with Gasteiger partial charge >= 0.3 is 6.18 Å². The summed E-state index contributed by atoms with van der Waals surface area (Å²) >= 11 is 0. The molecule has 15 heavy (non-hydrogen) atoms. The van der Waals surface area contributed by atoms with Gasteiger partial charge in [-0.25, -0.2) is 4.98 Å². The van der Waals surface area contributed by atoms with Crippen LogP contribution in [-0.4, -0.2) is 11.2 Å². The van der Waals surface area contributed by atoms with Crippen molar-refractivity contribution < 1.29 is 13.2 Å². The van der Waals surface area contributed by atoms with E-state index in [-0.39, 0.29) is 11.9 Å². The van der Waals surface area contributed by atoms with Gasteiger partial charge in [-0.15, -0.1) is 0 Å². The van der Waals surface area contributed by atoms with E-state index in [2.05, 4.69) is 4.98 Å². The number of nitrogens with two attached hydrogens (primary N) is 1. The molecule has 2 nitrogen and oxygen atoms in total. The zero-order valence-corrected chi connectivity index (χ0v) is 8.12. The number of aromatic nitrogens is 1. The number of rotatable bonds is 2. The molecule has 5 heteroatoms. The van der Waals surface area contributed by atoms with E-state index in [1.165, 1.54) is 6.20 Å². The number of hydrogen-bond acceptors (Lipinski definition) is 2. The molecule has 0 radical (unpaired) electrons. The Kier molecular flexibility index (Phi) is 3.34. The molecule has 0 amide bonds. The number of anilines is 1. The summed E-state index contributed by atoms with van der Waals surface area (Å²) in [5.74, 6) is -0.142. The van der Waals surface area contributed by atoms with Crippen molar-refractivity contribution >= 4 is 5.82 Å². The van der Waals surface area contributed by atoms with E-state index < -0.39 is 12.1 Å². The van der Waals surface area contributed by atoms with E-state index in [4.69, 9.17) is 5.73 Å². The Labute approximate surface area is 85.6 Å². The molecule has 0 aliphatic carbocycles. The Morgan fingerprint density at radius 1 is 1.47 bits per heavy atom. The molecule has 2 N–H and O–H groups in total. The maximum absolute atomic E-state index is 11.9. The van der Waals surface area contributed by atoms with E-state index in [1.54, 1.807) is 19.1 Å². The van der Waals surface area contributed by atoms with Crippen molar-refractivity contribution in [3.05, 3.63) is 36.0 Å². The molecule has 0 saturated heterocycles. The minimum atomic E-state index is -4.29. The summed E-state index contributed by atoms with van der Waals surface area (Å²) in [5.41, 5.74) is 6.13. The summed E-state index contributed by atoms with van der Waals surface area (Å²) in [4.78, 5) is 3.81. The number of nitrogens with zero attached hydrogens (tertiary/aromatic N) is 1. The second-order valence-corrected chi connectivity index (χ2v) is 3.17.